The average Bonchev–Trinajstić information content (AvgIpc) is 3.31. The van der Waals surface area contributed by atoms with E-state index in [0.29, 0.717) is 27.3 Å². The zero-order valence-corrected chi connectivity index (χ0v) is 15.0. The van der Waals surface area contributed by atoms with E-state index in [9.17, 15) is 4.79 Å². The number of nitrogens with one attached hydrogen (secondary N) is 1. The fraction of sp³-hybridized carbons (Fsp3) is 0.0500. The van der Waals surface area contributed by atoms with Crippen molar-refractivity contribution in [2.75, 3.05) is 0 Å². The van der Waals surface area contributed by atoms with Gasteiger partial charge in [0.1, 0.15) is 5.58 Å². The quantitative estimate of drug-likeness (QED) is 0.492. The van der Waals surface area contributed by atoms with Crippen LogP contribution in [0.3, 0.4) is 0 Å². The molecule has 6 nitrogen and oxygen atoms in total. The van der Waals surface area contributed by atoms with E-state index < -0.39 is 0 Å². The van der Waals surface area contributed by atoms with Crippen molar-refractivity contribution >= 4 is 33.7 Å². The minimum atomic E-state index is -0.173. The van der Waals surface area contributed by atoms with Gasteiger partial charge in [-0.15, -0.1) is 0 Å². The van der Waals surface area contributed by atoms with E-state index in [-0.39, 0.29) is 5.56 Å². The Balaban J connectivity index is 1.85. The first-order valence-corrected chi connectivity index (χ1v) is 8.68. The molecule has 132 valence electrons. The summed E-state index contributed by atoms with van der Waals surface area (Å²) in [5, 5.41) is 1.35. The molecule has 0 aliphatic carbocycles. The molecule has 0 radical (unpaired) electrons. The van der Waals surface area contributed by atoms with Gasteiger partial charge >= 0.3 is 0 Å². The van der Waals surface area contributed by atoms with Gasteiger partial charge in [-0.1, -0.05) is 11.6 Å². The highest BCUT2D eigenvalue weighted by Crippen LogP contribution is 2.36. The van der Waals surface area contributed by atoms with Gasteiger partial charge in [-0.05, 0) is 31.2 Å². The molecule has 7 heteroatoms. The molecule has 27 heavy (non-hydrogen) atoms. The Kier molecular flexibility index (Phi) is 3.42. The van der Waals surface area contributed by atoms with Gasteiger partial charge in [0.25, 0.3) is 5.56 Å². The van der Waals surface area contributed by atoms with Gasteiger partial charge in [-0.2, -0.15) is 0 Å². The molecule has 0 unspecified atom stereocenters. The van der Waals surface area contributed by atoms with Crippen molar-refractivity contribution in [3.63, 3.8) is 0 Å². The molecule has 5 rings (SSSR count). The smallest absolute Gasteiger partial charge is 0.252 e. The maximum Gasteiger partial charge on any atom is 0.252 e. The number of pyridine rings is 2. The number of benzene rings is 1. The molecule has 0 fully saturated rings. The third kappa shape index (κ3) is 2.45. The van der Waals surface area contributed by atoms with Crippen molar-refractivity contribution < 1.29 is 4.42 Å². The first kappa shape index (κ1) is 15.8. The zero-order chi connectivity index (χ0) is 18.5. The van der Waals surface area contributed by atoms with Crippen LogP contribution in [0.15, 0.2) is 64.6 Å². The van der Waals surface area contributed by atoms with Gasteiger partial charge in [-0.3, -0.25) is 9.78 Å². The predicted octanol–water partition coefficient (Wildman–Crippen LogP) is 4.48. The van der Waals surface area contributed by atoms with Crippen molar-refractivity contribution in [3.8, 4) is 16.8 Å². The molecule has 1 N–H and O–H groups in total. The molecular weight excluding hydrogens is 364 g/mol. The standard InChI is InChI=1S/C20H13ClN4O2/c1-11-17(12-6-14(9-23-8-12)25-5-4-22-10-25)19-18(24-20(11)26)15-7-13(21)2-3-16(15)27-19/h2-10H,1H3,(H,24,26). The third-order valence-electron chi connectivity index (χ3n) is 4.65. The Bertz CT molecular complexity index is 1370. The summed E-state index contributed by atoms with van der Waals surface area (Å²) < 4.78 is 7.94. The normalized spacial score (nSPS) is 11.5. The molecule has 5 aromatic rings. The highest BCUT2D eigenvalue weighted by Gasteiger charge is 2.18. The van der Waals surface area contributed by atoms with E-state index in [1.54, 1.807) is 50.0 Å². The number of hydrogen-bond acceptors (Lipinski definition) is 4. The van der Waals surface area contributed by atoms with Crippen LogP contribution in [0.2, 0.25) is 5.02 Å². The van der Waals surface area contributed by atoms with Crippen LogP contribution in [0.4, 0.5) is 0 Å². The second kappa shape index (κ2) is 5.82. The lowest BCUT2D eigenvalue weighted by molar-refractivity contribution is 0.668. The second-order valence-corrected chi connectivity index (χ2v) is 6.74. The Labute approximate surface area is 158 Å². The Morgan fingerprint density at radius 2 is 2.07 bits per heavy atom. The summed E-state index contributed by atoms with van der Waals surface area (Å²) >= 11 is 6.13. The maximum absolute atomic E-state index is 12.6. The van der Waals surface area contributed by atoms with E-state index in [1.165, 1.54) is 0 Å². The Hall–Kier alpha value is -3.38. The molecule has 0 aliphatic rings. The topological polar surface area (TPSA) is 76.7 Å². The minimum Gasteiger partial charge on any atom is -0.454 e. The average molecular weight is 377 g/mol. The van der Waals surface area contributed by atoms with E-state index in [1.807, 2.05) is 16.8 Å². The lowest BCUT2D eigenvalue weighted by Gasteiger charge is -2.08. The zero-order valence-electron chi connectivity index (χ0n) is 14.2. The number of hydrogen-bond donors (Lipinski definition) is 1. The lowest BCUT2D eigenvalue weighted by atomic mass is 10.0. The number of aromatic amines is 1. The molecule has 1 aromatic carbocycles. The van der Waals surface area contributed by atoms with Gasteiger partial charge in [0.15, 0.2) is 5.58 Å². The summed E-state index contributed by atoms with van der Waals surface area (Å²) in [6.07, 6.45) is 8.70. The molecule has 0 amide bonds. The molecule has 4 aromatic heterocycles. The third-order valence-corrected chi connectivity index (χ3v) is 4.88. The minimum absolute atomic E-state index is 0.173. The van der Waals surface area contributed by atoms with Crippen LogP contribution in [0, 0.1) is 6.92 Å². The number of fused-ring (bicyclic) bond motifs is 3. The maximum atomic E-state index is 12.6. The number of halogens is 1. The Morgan fingerprint density at radius 3 is 2.89 bits per heavy atom. The molecule has 0 saturated carbocycles. The van der Waals surface area contributed by atoms with Crippen LogP contribution in [0.25, 0.3) is 38.9 Å². The number of aromatic nitrogens is 4. The van der Waals surface area contributed by atoms with Crippen molar-refractivity contribution in [1.82, 2.24) is 19.5 Å². The van der Waals surface area contributed by atoms with Crippen molar-refractivity contribution in [2.45, 2.75) is 6.92 Å². The lowest BCUT2D eigenvalue weighted by Crippen LogP contribution is -2.10. The first-order valence-electron chi connectivity index (χ1n) is 8.30. The largest absolute Gasteiger partial charge is 0.454 e. The second-order valence-electron chi connectivity index (χ2n) is 6.30. The van der Waals surface area contributed by atoms with E-state index >= 15 is 0 Å². The number of nitrogens with zero attached hydrogens (tertiary/aromatic N) is 3. The van der Waals surface area contributed by atoms with E-state index in [0.717, 1.165) is 22.2 Å². The summed E-state index contributed by atoms with van der Waals surface area (Å²) in [5.74, 6) is 0. The highest BCUT2D eigenvalue weighted by molar-refractivity contribution is 6.31. The van der Waals surface area contributed by atoms with Crippen LogP contribution < -0.4 is 5.56 Å². The predicted molar refractivity (Wildman–Crippen MR) is 104 cm³/mol. The molecule has 0 spiro atoms. The van der Waals surface area contributed by atoms with Gasteiger partial charge in [-0.25, -0.2) is 4.98 Å². The molecule has 0 aliphatic heterocycles. The fourth-order valence-electron chi connectivity index (χ4n) is 3.33. The van der Waals surface area contributed by atoms with E-state index in [4.69, 9.17) is 16.0 Å². The van der Waals surface area contributed by atoms with Crippen molar-refractivity contribution in [2.24, 2.45) is 0 Å². The highest BCUT2D eigenvalue weighted by atomic mass is 35.5. The van der Waals surface area contributed by atoms with Gasteiger partial charge < -0.3 is 14.0 Å². The molecule has 0 bridgehead atoms. The summed E-state index contributed by atoms with van der Waals surface area (Å²) in [5.41, 5.74) is 4.65. The summed E-state index contributed by atoms with van der Waals surface area (Å²) in [4.78, 5) is 23.9. The molecule has 0 saturated heterocycles. The fourth-order valence-corrected chi connectivity index (χ4v) is 3.50. The number of rotatable bonds is 2. The SMILES string of the molecule is Cc1c(-c2cncc(-n3ccnc3)c2)c2oc3ccc(Cl)cc3c2[nH]c1=O. The number of H-pyrrole nitrogens is 1. The van der Waals surface area contributed by atoms with Crippen molar-refractivity contribution in [3.05, 3.63) is 76.3 Å². The summed E-state index contributed by atoms with van der Waals surface area (Å²) in [7, 11) is 0. The van der Waals surface area contributed by atoms with Crippen LogP contribution in [-0.4, -0.2) is 19.5 Å². The Morgan fingerprint density at radius 1 is 1.19 bits per heavy atom. The summed E-state index contributed by atoms with van der Waals surface area (Å²) in [6.45, 7) is 1.78. The molecule has 0 atom stereocenters. The van der Waals surface area contributed by atoms with E-state index in [2.05, 4.69) is 15.0 Å². The van der Waals surface area contributed by atoms with Crippen LogP contribution in [-0.2, 0) is 0 Å². The monoisotopic (exact) mass is 376 g/mol. The molecular formula is C20H13ClN4O2. The van der Waals surface area contributed by atoms with Gasteiger partial charge in [0, 0.05) is 45.7 Å². The van der Waals surface area contributed by atoms with Crippen LogP contribution in [0.5, 0.6) is 0 Å². The molecule has 4 heterocycles. The van der Waals surface area contributed by atoms with Crippen LogP contribution in [0.1, 0.15) is 5.56 Å². The van der Waals surface area contributed by atoms with Gasteiger partial charge in [0.05, 0.1) is 23.7 Å². The first-order chi connectivity index (χ1) is 13.1. The van der Waals surface area contributed by atoms with Gasteiger partial charge in [0.2, 0.25) is 0 Å². The van der Waals surface area contributed by atoms with Crippen LogP contribution >= 0.6 is 11.6 Å². The number of imidazole rings is 1. The summed E-state index contributed by atoms with van der Waals surface area (Å²) in [6, 6.07) is 7.31. The number of furan rings is 1. The van der Waals surface area contributed by atoms with Crippen molar-refractivity contribution in [1.29, 1.82) is 0 Å².